The smallest absolute Gasteiger partial charge is 0.224 e. The topological polar surface area (TPSA) is 157 Å². The Morgan fingerprint density at radius 3 is 0.474 bits per heavy atom. The second kappa shape index (κ2) is 81.6. The number of rotatable bonds is 9. The van der Waals surface area contributed by atoms with Crippen LogP contribution in [0.5, 0.6) is 5.75 Å². The van der Waals surface area contributed by atoms with Crippen molar-refractivity contribution in [1.82, 2.24) is 0 Å². The molecule has 12 aliphatic heterocycles. The molecule has 0 aliphatic carbocycles. The SMILES string of the molecule is CCC1OC2(CCCCO2)[C@@]2(CCCCO2)O[C@H]1CC.COc1c(C)cc(C)cc1C.Cc1cc(C)cc(C)c1.Cc1cc(C)cc(C)c1.Cc1ccc(C)cc1.Cc1ccc(C)cc1.PCC1OC2(CCCCO2)[C@@]2(CCCCO2)O[C@H]1CP.PCC1OC2(CCCCO2)[C@@]2(CCCCO2)O[C@H]1CP.PCC1OC2(CCCCO2)[C@@]2(CCCCO2)O[C@H]1CP.[Ar].[Ar].[Ar].[Ar].[Ar].[Ar].[Ar].[Ar].[Ar].[Ar].[Ar].[Ar]. The quantitative estimate of drug-likeness (QED) is 0.128. The van der Waals surface area contributed by atoms with E-state index in [-0.39, 0.29) is 502 Å². The molecular formula is C102H164Ar12O17P6. The van der Waals surface area contributed by atoms with Crippen molar-refractivity contribution in [1.29, 1.82) is 0 Å². The van der Waals surface area contributed by atoms with E-state index in [2.05, 4.69) is 256 Å². The van der Waals surface area contributed by atoms with Crippen molar-refractivity contribution in [2.45, 2.75) is 366 Å². The van der Waals surface area contributed by atoms with Crippen molar-refractivity contribution in [2.24, 2.45) is 0 Å². The average Bonchev–Trinajstić information content (AvgIpc) is 0.745. The maximum atomic E-state index is 6.49. The summed E-state index contributed by atoms with van der Waals surface area (Å²) in [5, 5.41) is 0. The Hall–Kier alpha value is 13.0. The van der Waals surface area contributed by atoms with Gasteiger partial charge in [-0.1, -0.05) is 172 Å². The Kier molecular flexibility index (Phi) is 93.0. The molecule has 12 aliphatic rings. The van der Waals surface area contributed by atoms with Gasteiger partial charge in [-0.25, -0.2) is 0 Å². The standard InChI is InChI=1S/C16H28O4.3C14H26O4P2.C10H14O.2C9H12.2C8H10.12Ar/c1-3-13-14(4-2)20-16(10-6-8-12-18-16)15(19-13)9-5-7-11-17-15;3*19-9-11-12(10-20)18-14(6-2-4-8-16-14)13(17-11)5-1-3-7-15-13;1-7-5-8(2)10(11-4)9(3)6-7;2*1-7-4-8(2)6-9(3)5-7;2*1-7-3-5-8(2)6-4-7;;;;;;;;;;;;/h13-14H,3-12H2,1-2H3;3*11-12H,1-10,19-20H2;5-6H,1-4H3;2*4-6H,1-3H3;2*3-6H,1-2H3;;;;;;;;;;;;/t13-,14?,15+,16?;3*11-,12?,13+,14?;;;;;;;;;;;;;;;;;/m0000................./s1. The molecule has 12 heterocycles. The molecule has 0 saturated carbocycles. The second-order valence-electron chi connectivity index (χ2n) is 36.5. The van der Waals surface area contributed by atoms with Crippen LogP contribution in [0.15, 0.2) is 97.1 Å². The number of benzene rings is 5. The summed E-state index contributed by atoms with van der Waals surface area (Å²) in [6, 6.07) is 34.3. The number of methoxy groups -OCH3 is 1. The van der Waals surface area contributed by atoms with Gasteiger partial charge >= 0.3 is 0 Å². The number of ether oxygens (including phenoxy) is 17. The molecule has 800 valence electrons. The molecule has 0 radical (unpaired) electrons. The molecule has 12 fully saturated rings. The largest absolute Gasteiger partial charge is 0.496 e. The van der Waals surface area contributed by atoms with E-state index in [4.69, 9.17) is 80.5 Å². The summed E-state index contributed by atoms with van der Waals surface area (Å²) in [6.07, 6.45) is 32.4. The first kappa shape index (κ1) is 156. The summed E-state index contributed by atoms with van der Waals surface area (Å²) >= 11 is 0. The predicted molar refractivity (Wildman–Crippen MR) is 528 cm³/mol. The van der Waals surface area contributed by atoms with Gasteiger partial charge in [-0.2, -0.15) is 0 Å². The van der Waals surface area contributed by atoms with Crippen molar-refractivity contribution >= 4 is 55.4 Å². The van der Waals surface area contributed by atoms with E-state index in [9.17, 15) is 0 Å². The molecule has 22 atom stereocenters. The molecule has 137 heavy (non-hydrogen) atoms. The first-order chi connectivity index (χ1) is 60.1. The Morgan fingerprint density at radius 2 is 0.358 bits per heavy atom. The Bertz CT molecular complexity index is 3310. The molecule has 5 aromatic rings. The average molecular weight is 2330 g/mol. The number of aryl methyl sites for hydroxylation is 13. The van der Waals surface area contributed by atoms with Crippen LogP contribution in [-0.4, -0.2) is 192 Å². The molecule has 8 spiro atoms. The molecule has 0 N–H and O–H groups in total. The van der Waals surface area contributed by atoms with Gasteiger partial charge in [-0.05, 0) is 254 Å². The number of fused-ring (bicyclic) bond motifs is 4. The summed E-state index contributed by atoms with van der Waals surface area (Å²) in [7, 11) is 18.3. The monoisotopic (exact) mass is 2330 g/mol. The van der Waals surface area contributed by atoms with Gasteiger partial charge in [-0.15, -0.1) is 55.4 Å². The van der Waals surface area contributed by atoms with Crippen LogP contribution in [0.4, 0.5) is 0 Å². The van der Waals surface area contributed by atoms with Crippen molar-refractivity contribution in [3.8, 4) is 5.75 Å². The predicted octanol–water partition coefficient (Wildman–Crippen LogP) is 22.8. The van der Waals surface area contributed by atoms with Crippen LogP contribution in [0, 0.1) is 543 Å². The molecule has 14 unspecified atom stereocenters. The zero-order valence-corrected chi connectivity index (χ0v) is 99.2. The fraction of sp³-hybridized carbons (Fsp3) is 0.706. The fourth-order valence-electron chi connectivity index (χ4n) is 19.6. The van der Waals surface area contributed by atoms with E-state index in [0.29, 0.717) is 0 Å². The maximum absolute atomic E-state index is 6.49. The van der Waals surface area contributed by atoms with Crippen LogP contribution in [0.2, 0.25) is 0 Å². The van der Waals surface area contributed by atoms with Crippen LogP contribution < -0.4 is 4.74 Å². The van der Waals surface area contributed by atoms with Gasteiger partial charge in [0.25, 0.3) is 0 Å². The summed E-state index contributed by atoms with van der Waals surface area (Å²) in [6.45, 7) is 37.6. The first-order valence-corrected chi connectivity index (χ1v) is 52.5. The van der Waals surface area contributed by atoms with Gasteiger partial charge in [0.15, 0.2) is 0 Å². The van der Waals surface area contributed by atoms with Crippen LogP contribution in [0.3, 0.4) is 0 Å². The minimum absolute atomic E-state index is 0. The minimum Gasteiger partial charge on any atom is -0.496 e. The molecule has 17 nitrogen and oxygen atoms in total. The molecule has 5 aromatic carbocycles. The van der Waals surface area contributed by atoms with Crippen molar-refractivity contribution in [3.05, 3.63) is 169 Å². The summed E-state index contributed by atoms with van der Waals surface area (Å²) in [4.78, 5) is 0. The number of hydrogen-bond donors (Lipinski definition) is 0. The van der Waals surface area contributed by atoms with E-state index >= 15 is 0 Å². The van der Waals surface area contributed by atoms with Gasteiger partial charge in [0.05, 0.1) is 109 Å². The Labute approximate surface area is 1200 Å². The van der Waals surface area contributed by atoms with Gasteiger partial charge in [0.2, 0.25) is 46.3 Å². The third-order valence-corrected chi connectivity index (χ3v) is 28.6. The molecule has 35 heteroatoms. The van der Waals surface area contributed by atoms with Gasteiger partial charge in [-0.3, -0.25) is 0 Å². The fourth-order valence-corrected chi connectivity index (χ4v) is 22.0. The third-order valence-electron chi connectivity index (χ3n) is 25.8. The number of hydrogen-bond acceptors (Lipinski definition) is 17. The summed E-state index contributed by atoms with van der Waals surface area (Å²) < 4.78 is 106. The molecule has 0 aromatic heterocycles. The second-order valence-corrected chi connectivity index (χ2v) is 39.3. The van der Waals surface area contributed by atoms with Crippen LogP contribution >= 0.6 is 55.4 Å². The molecular weight excluding hydrogens is 2160 g/mol. The Balaban J connectivity index is -0.000000734. The van der Waals surface area contributed by atoms with E-state index in [1.165, 1.54) is 72.3 Å². The minimum atomic E-state index is -0.691. The summed E-state index contributed by atoms with van der Waals surface area (Å²) in [5.41, 5.74) is 17.2. The van der Waals surface area contributed by atoms with E-state index < -0.39 is 46.3 Å². The van der Waals surface area contributed by atoms with Crippen molar-refractivity contribution < 1.29 is 533 Å². The van der Waals surface area contributed by atoms with Gasteiger partial charge in [0, 0.05) is 504 Å². The van der Waals surface area contributed by atoms with E-state index in [1.54, 1.807) is 7.11 Å². The van der Waals surface area contributed by atoms with Gasteiger partial charge in [0.1, 0.15) is 5.75 Å². The van der Waals surface area contributed by atoms with Crippen LogP contribution in [0.1, 0.15) is 253 Å². The molecule has 12 saturated heterocycles. The van der Waals surface area contributed by atoms with E-state index in [0.717, 1.165) is 263 Å². The van der Waals surface area contributed by atoms with Crippen molar-refractivity contribution in [2.75, 3.05) is 96.9 Å². The maximum Gasteiger partial charge on any atom is 0.224 e. The summed E-state index contributed by atoms with van der Waals surface area (Å²) in [5.74, 6) is -4.47. The molecule has 0 amide bonds. The first-order valence-electron chi connectivity index (χ1n) is 47.6. The van der Waals surface area contributed by atoms with Crippen LogP contribution in [0.25, 0.3) is 0 Å². The van der Waals surface area contributed by atoms with E-state index in [1.807, 2.05) is 0 Å². The van der Waals surface area contributed by atoms with Crippen molar-refractivity contribution in [3.63, 3.8) is 0 Å². The Morgan fingerprint density at radius 1 is 0.219 bits per heavy atom. The molecule has 0 bridgehead atoms. The van der Waals surface area contributed by atoms with Gasteiger partial charge < -0.3 is 80.5 Å². The van der Waals surface area contributed by atoms with Crippen LogP contribution in [-0.2, 0) is 75.8 Å². The zero-order chi connectivity index (χ0) is 90.3. The third kappa shape index (κ3) is 46.5. The molecule has 17 rings (SSSR count). The zero-order valence-electron chi connectivity index (χ0n) is 83.8. The normalized spacial score (nSPS) is 29.9.